The molecule has 0 spiro atoms. The normalized spacial score (nSPS) is 16.3. The van der Waals surface area contributed by atoms with Gasteiger partial charge in [-0.1, -0.05) is 30.9 Å². The van der Waals surface area contributed by atoms with Crippen molar-refractivity contribution >= 4 is 22.5 Å². The summed E-state index contributed by atoms with van der Waals surface area (Å²) in [6, 6.07) is 5.31. The van der Waals surface area contributed by atoms with Gasteiger partial charge in [-0.2, -0.15) is 0 Å². The van der Waals surface area contributed by atoms with E-state index in [9.17, 15) is 4.79 Å². The van der Waals surface area contributed by atoms with E-state index in [0.29, 0.717) is 34.9 Å². The maximum atomic E-state index is 12.8. The van der Waals surface area contributed by atoms with Crippen molar-refractivity contribution in [2.45, 2.75) is 51.0 Å². The first-order valence-corrected chi connectivity index (χ1v) is 8.48. The summed E-state index contributed by atoms with van der Waals surface area (Å²) in [4.78, 5) is 17.7. The van der Waals surface area contributed by atoms with E-state index in [1.165, 1.54) is 19.3 Å². The van der Waals surface area contributed by atoms with Crippen molar-refractivity contribution in [1.82, 2.24) is 9.55 Å². The molecule has 118 valence electrons. The van der Waals surface area contributed by atoms with E-state index in [0.717, 1.165) is 25.1 Å². The van der Waals surface area contributed by atoms with Crippen LogP contribution in [0.4, 0.5) is 0 Å². The third kappa shape index (κ3) is 3.03. The van der Waals surface area contributed by atoms with E-state index >= 15 is 0 Å². The Hall–Kier alpha value is -1.39. The summed E-state index contributed by atoms with van der Waals surface area (Å²) in [6.45, 7) is 1.22. The molecule has 4 nitrogen and oxygen atoms in total. The molecule has 0 radical (unpaired) electrons. The van der Waals surface area contributed by atoms with Crippen LogP contribution in [0, 0.1) is 0 Å². The van der Waals surface area contributed by atoms with Gasteiger partial charge in [0.1, 0.15) is 5.82 Å². The lowest BCUT2D eigenvalue weighted by Gasteiger charge is -2.24. The Morgan fingerprint density at radius 2 is 2.05 bits per heavy atom. The second kappa shape index (κ2) is 6.80. The van der Waals surface area contributed by atoms with E-state index in [2.05, 4.69) is 0 Å². The predicted molar refractivity (Wildman–Crippen MR) is 90.5 cm³/mol. The van der Waals surface area contributed by atoms with Gasteiger partial charge in [-0.3, -0.25) is 9.36 Å². The standard InChI is InChI=1S/C17H22ClN3O/c18-13-7-8-14-15(11-13)20-16(12-5-2-1-3-6-12)21(17(14)22)10-4-9-19/h7-8,11-12H,1-6,9-10,19H2. The summed E-state index contributed by atoms with van der Waals surface area (Å²) in [5.74, 6) is 1.30. The van der Waals surface area contributed by atoms with Crippen molar-refractivity contribution in [2.75, 3.05) is 6.54 Å². The fourth-order valence-corrected chi connectivity index (χ4v) is 3.52. The molecule has 1 aromatic heterocycles. The molecule has 1 aliphatic rings. The van der Waals surface area contributed by atoms with Crippen LogP contribution < -0.4 is 11.3 Å². The molecule has 1 aromatic carbocycles. The van der Waals surface area contributed by atoms with E-state index in [1.807, 2.05) is 4.57 Å². The Labute approximate surface area is 135 Å². The number of rotatable bonds is 4. The highest BCUT2D eigenvalue weighted by Gasteiger charge is 2.22. The molecule has 5 heteroatoms. The summed E-state index contributed by atoms with van der Waals surface area (Å²) < 4.78 is 1.85. The van der Waals surface area contributed by atoms with Gasteiger partial charge in [-0.25, -0.2) is 4.98 Å². The van der Waals surface area contributed by atoms with Crippen LogP contribution in [-0.2, 0) is 6.54 Å². The van der Waals surface area contributed by atoms with Gasteiger partial charge in [0, 0.05) is 17.5 Å². The van der Waals surface area contributed by atoms with Gasteiger partial charge in [0.05, 0.1) is 10.9 Å². The lowest BCUT2D eigenvalue weighted by atomic mass is 9.88. The van der Waals surface area contributed by atoms with Crippen LogP contribution in [0.15, 0.2) is 23.0 Å². The first-order chi connectivity index (χ1) is 10.7. The molecule has 0 unspecified atom stereocenters. The molecule has 3 rings (SSSR count). The average molecular weight is 320 g/mol. The molecule has 1 saturated carbocycles. The zero-order valence-electron chi connectivity index (χ0n) is 12.7. The largest absolute Gasteiger partial charge is 0.330 e. The summed E-state index contributed by atoms with van der Waals surface area (Å²) >= 11 is 6.07. The SMILES string of the molecule is NCCCn1c(C2CCCCC2)nc2cc(Cl)ccc2c1=O. The number of benzene rings is 1. The Morgan fingerprint density at radius 1 is 1.27 bits per heavy atom. The number of hydrogen-bond acceptors (Lipinski definition) is 3. The van der Waals surface area contributed by atoms with Gasteiger partial charge < -0.3 is 5.73 Å². The third-order valence-electron chi connectivity index (χ3n) is 4.50. The third-order valence-corrected chi connectivity index (χ3v) is 4.74. The molecule has 0 atom stereocenters. The van der Waals surface area contributed by atoms with Crippen LogP contribution in [0.25, 0.3) is 10.9 Å². The summed E-state index contributed by atoms with van der Waals surface area (Å²) in [5, 5.41) is 1.26. The van der Waals surface area contributed by atoms with Crippen LogP contribution in [0.5, 0.6) is 0 Å². The minimum atomic E-state index is 0.0377. The topological polar surface area (TPSA) is 60.9 Å². The summed E-state index contributed by atoms with van der Waals surface area (Å²) in [7, 11) is 0. The summed E-state index contributed by atoms with van der Waals surface area (Å²) in [5.41, 5.74) is 6.38. The van der Waals surface area contributed by atoms with E-state index < -0.39 is 0 Å². The van der Waals surface area contributed by atoms with Gasteiger partial charge in [0.25, 0.3) is 5.56 Å². The number of aromatic nitrogens is 2. The maximum absolute atomic E-state index is 12.8. The Balaban J connectivity index is 2.15. The van der Waals surface area contributed by atoms with Crippen LogP contribution in [0.3, 0.4) is 0 Å². The van der Waals surface area contributed by atoms with Crippen molar-refractivity contribution in [1.29, 1.82) is 0 Å². The second-order valence-electron chi connectivity index (χ2n) is 6.07. The van der Waals surface area contributed by atoms with Crippen LogP contribution in [0.1, 0.15) is 50.3 Å². The van der Waals surface area contributed by atoms with Crippen LogP contribution >= 0.6 is 11.6 Å². The van der Waals surface area contributed by atoms with Crippen molar-refractivity contribution in [2.24, 2.45) is 5.73 Å². The second-order valence-corrected chi connectivity index (χ2v) is 6.50. The predicted octanol–water partition coefficient (Wildman–Crippen LogP) is 3.45. The van der Waals surface area contributed by atoms with Crippen LogP contribution in [0.2, 0.25) is 5.02 Å². The van der Waals surface area contributed by atoms with E-state index in [-0.39, 0.29) is 5.56 Å². The Bertz CT molecular complexity index is 720. The Morgan fingerprint density at radius 3 is 2.77 bits per heavy atom. The summed E-state index contributed by atoms with van der Waals surface area (Å²) in [6.07, 6.45) is 6.72. The molecule has 0 amide bonds. The minimum Gasteiger partial charge on any atom is -0.330 e. The van der Waals surface area contributed by atoms with Gasteiger partial charge in [-0.05, 0) is 44.0 Å². The molecule has 0 saturated heterocycles. The van der Waals surface area contributed by atoms with Crippen molar-refractivity contribution in [3.63, 3.8) is 0 Å². The highest BCUT2D eigenvalue weighted by Crippen LogP contribution is 2.32. The fraction of sp³-hybridized carbons (Fsp3) is 0.529. The lowest BCUT2D eigenvalue weighted by molar-refractivity contribution is 0.407. The Kier molecular flexibility index (Phi) is 4.79. The van der Waals surface area contributed by atoms with Crippen molar-refractivity contribution in [3.05, 3.63) is 39.4 Å². The van der Waals surface area contributed by atoms with Gasteiger partial charge in [0.2, 0.25) is 0 Å². The maximum Gasteiger partial charge on any atom is 0.261 e. The number of hydrogen-bond donors (Lipinski definition) is 1. The molecule has 0 bridgehead atoms. The van der Waals surface area contributed by atoms with Crippen molar-refractivity contribution in [3.8, 4) is 0 Å². The molecule has 1 aliphatic carbocycles. The molecule has 1 heterocycles. The smallest absolute Gasteiger partial charge is 0.261 e. The monoisotopic (exact) mass is 319 g/mol. The molecule has 22 heavy (non-hydrogen) atoms. The number of halogens is 1. The number of nitrogens with two attached hydrogens (primary N) is 1. The van der Waals surface area contributed by atoms with E-state index in [1.54, 1.807) is 18.2 Å². The van der Waals surface area contributed by atoms with Gasteiger partial charge in [0.15, 0.2) is 0 Å². The molecule has 2 N–H and O–H groups in total. The quantitative estimate of drug-likeness (QED) is 0.939. The fourth-order valence-electron chi connectivity index (χ4n) is 3.35. The molecule has 2 aromatic rings. The van der Waals surface area contributed by atoms with E-state index in [4.69, 9.17) is 22.3 Å². The van der Waals surface area contributed by atoms with Gasteiger partial charge >= 0.3 is 0 Å². The highest BCUT2D eigenvalue weighted by molar-refractivity contribution is 6.31. The molecular weight excluding hydrogens is 298 g/mol. The average Bonchev–Trinajstić information content (AvgIpc) is 2.54. The number of fused-ring (bicyclic) bond motifs is 1. The first kappa shape index (κ1) is 15.5. The lowest BCUT2D eigenvalue weighted by Crippen LogP contribution is -2.28. The minimum absolute atomic E-state index is 0.0377. The number of nitrogens with zero attached hydrogens (tertiary/aromatic N) is 2. The highest BCUT2D eigenvalue weighted by atomic mass is 35.5. The van der Waals surface area contributed by atoms with Crippen LogP contribution in [-0.4, -0.2) is 16.1 Å². The van der Waals surface area contributed by atoms with Crippen molar-refractivity contribution < 1.29 is 0 Å². The first-order valence-electron chi connectivity index (χ1n) is 8.11. The van der Waals surface area contributed by atoms with Gasteiger partial charge in [-0.15, -0.1) is 0 Å². The molecule has 1 fully saturated rings. The zero-order valence-corrected chi connectivity index (χ0v) is 13.5. The molecule has 0 aliphatic heterocycles. The zero-order chi connectivity index (χ0) is 15.5. The molecular formula is C17H22ClN3O.